The summed E-state index contributed by atoms with van der Waals surface area (Å²) in [6.07, 6.45) is 2.92. The van der Waals surface area contributed by atoms with E-state index in [0.717, 1.165) is 18.4 Å². The van der Waals surface area contributed by atoms with Gasteiger partial charge in [-0.1, -0.05) is 41.9 Å². The van der Waals surface area contributed by atoms with Gasteiger partial charge in [-0.05, 0) is 43.0 Å². The van der Waals surface area contributed by atoms with Crippen molar-refractivity contribution in [1.29, 1.82) is 0 Å². The molecule has 0 unspecified atom stereocenters. The molecular formula is C19H19ClN2O2. The van der Waals surface area contributed by atoms with Crippen LogP contribution in [0.1, 0.15) is 35.2 Å². The number of amides is 2. The second-order valence-electron chi connectivity index (χ2n) is 5.93. The average molecular weight is 343 g/mol. The van der Waals surface area contributed by atoms with Crippen molar-refractivity contribution in [3.8, 4) is 0 Å². The second kappa shape index (κ2) is 7.49. The molecule has 4 nitrogen and oxygen atoms in total. The lowest BCUT2D eigenvalue weighted by Crippen LogP contribution is -2.27. The fourth-order valence-electron chi connectivity index (χ4n) is 2.44. The van der Waals surface area contributed by atoms with E-state index in [0.29, 0.717) is 29.1 Å². The number of anilines is 1. The van der Waals surface area contributed by atoms with Gasteiger partial charge in [-0.3, -0.25) is 9.59 Å². The van der Waals surface area contributed by atoms with Gasteiger partial charge in [-0.25, -0.2) is 0 Å². The molecule has 0 atom stereocenters. The Morgan fingerprint density at radius 3 is 2.50 bits per heavy atom. The number of hydrogen-bond donors (Lipinski definition) is 2. The normalized spacial score (nSPS) is 13.4. The number of halogens is 1. The molecule has 2 amide bonds. The molecular weight excluding hydrogens is 324 g/mol. The van der Waals surface area contributed by atoms with Gasteiger partial charge in [0.15, 0.2) is 0 Å². The number of para-hydroxylation sites is 1. The Balaban J connectivity index is 1.61. The van der Waals surface area contributed by atoms with Crippen LogP contribution in [-0.2, 0) is 11.2 Å². The molecule has 0 aliphatic heterocycles. The van der Waals surface area contributed by atoms with Gasteiger partial charge in [-0.15, -0.1) is 0 Å². The van der Waals surface area contributed by atoms with Crippen LogP contribution in [0.5, 0.6) is 0 Å². The molecule has 2 N–H and O–H groups in total. The first-order valence-electron chi connectivity index (χ1n) is 8.06. The van der Waals surface area contributed by atoms with Gasteiger partial charge in [0.2, 0.25) is 5.91 Å². The van der Waals surface area contributed by atoms with Crippen molar-refractivity contribution in [3.63, 3.8) is 0 Å². The predicted octanol–water partition coefficient (Wildman–Crippen LogP) is 3.80. The largest absolute Gasteiger partial charge is 0.349 e. The zero-order valence-electron chi connectivity index (χ0n) is 13.2. The molecule has 2 aromatic carbocycles. The molecule has 24 heavy (non-hydrogen) atoms. The number of aryl methyl sites for hydroxylation is 1. The molecule has 0 radical (unpaired) electrons. The SMILES string of the molecule is O=C(CCc1ccccc1Cl)Nc1ccccc1C(=O)NC1CC1. The van der Waals surface area contributed by atoms with Gasteiger partial charge in [0.1, 0.15) is 0 Å². The van der Waals surface area contributed by atoms with E-state index in [9.17, 15) is 9.59 Å². The Bertz CT molecular complexity index is 757. The summed E-state index contributed by atoms with van der Waals surface area (Å²) in [4.78, 5) is 24.5. The highest BCUT2D eigenvalue weighted by Gasteiger charge is 2.24. The van der Waals surface area contributed by atoms with Crippen LogP contribution in [0.25, 0.3) is 0 Å². The molecule has 0 aromatic heterocycles. The molecule has 0 bridgehead atoms. The highest BCUT2D eigenvalue weighted by molar-refractivity contribution is 6.31. The van der Waals surface area contributed by atoms with Crippen molar-refractivity contribution >= 4 is 29.1 Å². The molecule has 1 aliphatic carbocycles. The Labute approximate surface area is 146 Å². The molecule has 1 aliphatic rings. The maximum Gasteiger partial charge on any atom is 0.253 e. The topological polar surface area (TPSA) is 58.2 Å². The maximum atomic E-state index is 12.2. The number of hydrogen-bond acceptors (Lipinski definition) is 2. The van der Waals surface area contributed by atoms with Gasteiger partial charge in [0.05, 0.1) is 11.3 Å². The Kier molecular flexibility index (Phi) is 5.16. The van der Waals surface area contributed by atoms with Crippen molar-refractivity contribution in [2.24, 2.45) is 0 Å². The molecule has 124 valence electrons. The van der Waals surface area contributed by atoms with Crippen LogP contribution < -0.4 is 10.6 Å². The lowest BCUT2D eigenvalue weighted by molar-refractivity contribution is -0.116. The van der Waals surface area contributed by atoms with Gasteiger partial charge in [0.25, 0.3) is 5.91 Å². The van der Waals surface area contributed by atoms with E-state index in [-0.39, 0.29) is 17.9 Å². The van der Waals surface area contributed by atoms with Crippen LogP contribution >= 0.6 is 11.6 Å². The minimum Gasteiger partial charge on any atom is -0.349 e. The van der Waals surface area contributed by atoms with Crippen molar-refractivity contribution in [3.05, 3.63) is 64.7 Å². The highest BCUT2D eigenvalue weighted by atomic mass is 35.5. The van der Waals surface area contributed by atoms with E-state index in [1.54, 1.807) is 24.3 Å². The van der Waals surface area contributed by atoms with Gasteiger partial charge >= 0.3 is 0 Å². The van der Waals surface area contributed by atoms with Crippen molar-refractivity contribution in [2.45, 2.75) is 31.7 Å². The zero-order chi connectivity index (χ0) is 16.9. The average Bonchev–Trinajstić information content (AvgIpc) is 3.38. The summed E-state index contributed by atoms with van der Waals surface area (Å²) >= 11 is 6.10. The van der Waals surface area contributed by atoms with E-state index < -0.39 is 0 Å². The summed E-state index contributed by atoms with van der Waals surface area (Å²) in [6.45, 7) is 0. The summed E-state index contributed by atoms with van der Waals surface area (Å²) < 4.78 is 0. The first-order valence-corrected chi connectivity index (χ1v) is 8.44. The van der Waals surface area contributed by atoms with Crippen molar-refractivity contribution < 1.29 is 9.59 Å². The maximum absolute atomic E-state index is 12.2. The number of rotatable bonds is 6. The number of carbonyl (C=O) groups excluding carboxylic acids is 2. The fraction of sp³-hybridized carbons (Fsp3) is 0.263. The predicted molar refractivity (Wildman–Crippen MR) is 95.3 cm³/mol. The second-order valence-corrected chi connectivity index (χ2v) is 6.34. The quantitative estimate of drug-likeness (QED) is 0.838. The summed E-state index contributed by atoms with van der Waals surface area (Å²) in [5.41, 5.74) is 1.98. The number of nitrogens with one attached hydrogen (secondary N) is 2. The van der Waals surface area contributed by atoms with Crippen molar-refractivity contribution in [1.82, 2.24) is 5.32 Å². The van der Waals surface area contributed by atoms with Crippen LogP contribution in [0.3, 0.4) is 0 Å². The van der Waals surface area contributed by atoms with E-state index in [1.165, 1.54) is 0 Å². The lowest BCUT2D eigenvalue weighted by atomic mass is 10.1. The zero-order valence-corrected chi connectivity index (χ0v) is 14.0. The van der Waals surface area contributed by atoms with Crippen LogP contribution in [0.2, 0.25) is 5.02 Å². The third-order valence-electron chi connectivity index (χ3n) is 3.94. The standard InChI is InChI=1S/C19H19ClN2O2/c20-16-7-3-1-5-13(16)9-12-18(23)22-17-8-4-2-6-15(17)19(24)21-14-10-11-14/h1-8,14H,9-12H2,(H,21,24)(H,22,23). The molecule has 0 spiro atoms. The molecule has 5 heteroatoms. The number of benzene rings is 2. The summed E-state index contributed by atoms with van der Waals surface area (Å²) in [5, 5.41) is 6.43. The van der Waals surface area contributed by atoms with Gasteiger partial charge < -0.3 is 10.6 Å². The molecule has 2 aromatic rings. The molecule has 1 fully saturated rings. The molecule has 1 saturated carbocycles. The summed E-state index contributed by atoms with van der Waals surface area (Å²) in [5.74, 6) is -0.277. The molecule has 0 heterocycles. The minimum absolute atomic E-state index is 0.137. The Morgan fingerprint density at radius 1 is 1.04 bits per heavy atom. The number of carbonyl (C=O) groups is 2. The first-order chi connectivity index (χ1) is 11.6. The minimum atomic E-state index is -0.139. The van der Waals surface area contributed by atoms with E-state index in [4.69, 9.17) is 11.6 Å². The van der Waals surface area contributed by atoms with Crippen LogP contribution in [0, 0.1) is 0 Å². The van der Waals surface area contributed by atoms with E-state index in [1.807, 2.05) is 24.3 Å². The van der Waals surface area contributed by atoms with E-state index >= 15 is 0 Å². The third-order valence-corrected chi connectivity index (χ3v) is 4.31. The van der Waals surface area contributed by atoms with Gasteiger partial charge in [-0.2, -0.15) is 0 Å². The lowest BCUT2D eigenvalue weighted by Gasteiger charge is -2.11. The fourth-order valence-corrected chi connectivity index (χ4v) is 2.67. The van der Waals surface area contributed by atoms with Crippen LogP contribution in [-0.4, -0.2) is 17.9 Å². The first kappa shape index (κ1) is 16.5. The van der Waals surface area contributed by atoms with E-state index in [2.05, 4.69) is 10.6 Å². The smallest absolute Gasteiger partial charge is 0.253 e. The Morgan fingerprint density at radius 2 is 1.75 bits per heavy atom. The van der Waals surface area contributed by atoms with Crippen LogP contribution in [0.15, 0.2) is 48.5 Å². The highest BCUT2D eigenvalue weighted by Crippen LogP contribution is 2.22. The van der Waals surface area contributed by atoms with Crippen LogP contribution in [0.4, 0.5) is 5.69 Å². The Hall–Kier alpha value is -2.33. The molecule has 0 saturated heterocycles. The van der Waals surface area contributed by atoms with Gasteiger partial charge in [0, 0.05) is 17.5 Å². The molecule has 3 rings (SSSR count). The summed E-state index contributed by atoms with van der Waals surface area (Å²) in [6, 6.07) is 14.8. The monoisotopic (exact) mass is 342 g/mol. The summed E-state index contributed by atoms with van der Waals surface area (Å²) in [7, 11) is 0. The third kappa shape index (κ3) is 4.36. The van der Waals surface area contributed by atoms with Crippen molar-refractivity contribution in [2.75, 3.05) is 5.32 Å².